The molecule has 1 aromatic carbocycles. The van der Waals surface area contributed by atoms with Crippen LogP contribution >= 0.6 is 0 Å². The summed E-state index contributed by atoms with van der Waals surface area (Å²) in [5.41, 5.74) is 4.28. The van der Waals surface area contributed by atoms with E-state index in [0.717, 1.165) is 38.2 Å². The summed E-state index contributed by atoms with van der Waals surface area (Å²) in [6, 6.07) is 10.4. The molecule has 0 radical (unpaired) electrons. The Morgan fingerprint density at radius 2 is 2.05 bits per heavy atom. The van der Waals surface area contributed by atoms with Crippen LogP contribution in [0.2, 0.25) is 0 Å². The fourth-order valence-electron chi connectivity index (χ4n) is 2.42. The summed E-state index contributed by atoms with van der Waals surface area (Å²) >= 11 is 0. The number of piperidine rings is 1. The molecule has 2 rings (SSSR count). The van der Waals surface area contributed by atoms with Crippen molar-refractivity contribution in [2.45, 2.75) is 45.8 Å². The van der Waals surface area contributed by atoms with Crippen LogP contribution in [-0.2, 0) is 11.3 Å². The maximum atomic E-state index is 11.6. The van der Waals surface area contributed by atoms with Crippen molar-refractivity contribution in [1.82, 2.24) is 10.3 Å². The normalized spacial score (nSPS) is 18.2. The molecule has 22 heavy (non-hydrogen) atoms. The van der Waals surface area contributed by atoms with Gasteiger partial charge in [-0.1, -0.05) is 30.3 Å². The second-order valence-corrected chi connectivity index (χ2v) is 6.59. The monoisotopic (exact) mass is 303 g/mol. The van der Waals surface area contributed by atoms with Crippen LogP contribution in [0.3, 0.4) is 0 Å². The fourth-order valence-corrected chi connectivity index (χ4v) is 2.42. The summed E-state index contributed by atoms with van der Waals surface area (Å²) in [7, 11) is 0. The molecule has 120 valence electrons. The molecular formula is C17H25N3O2. The molecule has 1 heterocycles. The number of hydrogen-bond donors (Lipinski definition) is 1. The Kier molecular flexibility index (Phi) is 5.55. The van der Waals surface area contributed by atoms with Crippen molar-refractivity contribution in [1.29, 1.82) is 0 Å². The minimum atomic E-state index is -0.504. The third-order valence-electron chi connectivity index (χ3n) is 3.30. The van der Waals surface area contributed by atoms with Crippen molar-refractivity contribution in [2.24, 2.45) is 5.10 Å². The molecule has 1 aliphatic rings. The van der Waals surface area contributed by atoms with Crippen LogP contribution in [0, 0.1) is 0 Å². The highest BCUT2D eigenvalue weighted by atomic mass is 16.6. The van der Waals surface area contributed by atoms with Crippen molar-refractivity contribution in [2.75, 3.05) is 13.1 Å². The number of carbonyl (C=O) groups is 1. The Morgan fingerprint density at radius 1 is 1.32 bits per heavy atom. The second kappa shape index (κ2) is 7.40. The topological polar surface area (TPSA) is 53.9 Å². The van der Waals surface area contributed by atoms with E-state index in [9.17, 15) is 4.79 Å². The first-order chi connectivity index (χ1) is 10.4. The molecule has 0 bridgehead atoms. The van der Waals surface area contributed by atoms with Gasteiger partial charge in [-0.05, 0) is 45.7 Å². The quantitative estimate of drug-likeness (QED) is 0.873. The second-order valence-electron chi connectivity index (χ2n) is 6.59. The number of likely N-dealkylation sites (tertiary alicyclic amines) is 1. The van der Waals surface area contributed by atoms with Gasteiger partial charge in [-0.2, -0.15) is 5.10 Å². The highest BCUT2D eigenvalue weighted by Crippen LogP contribution is 2.12. The number of ether oxygens (including phenoxy) is 1. The number of hydrogen-bond acceptors (Lipinski definition) is 4. The fraction of sp³-hybridized carbons (Fsp3) is 0.529. The third kappa shape index (κ3) is 5.85. The zero-order chi connectivity index (χ0) is 16.0. The van der Waals surface area contributed by atoms with Gasteiger partial charge in [0.25, 0.3) is 0 Å². The number of nitrogens with one attached hydrogen (secondary N) is 1. The van der Waals surface area contributed by atoms with Gasteiger partial charge >= 0.3 is 6.09 Å². The van der Waals surface area contributed by atoms with Gasteiger partial charge in [0.2, 0.25) is 0 Å². The summed E-state index contributed by atoms with van der Waals surface area (Å²) in [4.78, 5) is 14.0. The number of hydrazone groups is 1. The predicted octanol–water partition coefficient (Wildman–Crippen LogP) is 3.16. The summed E-state index contributed by atoms with van der Waals surface area (Å²) < 4.78 is 5.18. The Morgan fingerprint density at radius 3 is 2.73 bits per heavy atom. The van der Waals surface area contributed by atoms with E-state index in [4.69, 9.17) is 4.74 Å². The first kappa shape index (κ1) is 16.5. The van der Waals surface area contributed by atoms with E-state index < -0.39 is 11.7 Å². The highest BCUT2D eigenvalue weighted by molar-refractivity contribution is 5.87. The van der Waals surface area contributed by atoms with E-state index in [1.54, 1.807) is 0 Å². The summed E-state index contributed by atoms with van der Waals surface area (Å²) in [5, 5.41) is 4.21. The standard InChI is InChI=1S/C17H25N3O2/c1-17(2,3)22-16(21)19-18-15-10-7-11-20(13-15)12-14-8-5-4-6-9-14/h4-6,8-9H,7,10-13H2,1-3H3,(H,19,21)/b18-15+. The summed E-state index contributed by atoms with van der Waals surface area (Å²) in [5.74, 6) is 0. The number of benzene rings is 1. The maximum Gasteiger partial charge on any atom is 0.428 e. The average molecular weight is 303 g/mol. The number of nitrogens with zero attached hydrogens (tertiary/aromatic N) is 2. The summed E-state index contributed by atoms with van der Waals surface area (Å²) in [6.07, 6.45) is 1.48. The van der Waals surface area contributed by atoms with Gasteiger partial charge in [0.1, 0.15) is 5.60 Å². The Hall–Kier alpha value is -1.88. The molecule has 1 N–H and O–H groups in total. The van der Waals surface area contributed by atoms with Gasteiger partial charge in [0.05, 0.1) is 5.71 Å². The summed E-state index contributed by atoms with van der Waals surface area (Å²) in [6.45, 7) is 8.25. The molecular weight excluding hydrogens is 278 g/mol. The minimum absolute atomic E-state index is 0.500. The minimum Gasteiger partial charge on any atom is -0.443 e. The number of amides is 1. The molecule has 1 amide bonds. The number of carbonyl (C=O) groups excluding carboxylic acids is 1. The van der Waals surface area contributed by atoms with Crippen molar-refractivity contribution >= 4 is 11.8 Å². The molecule has 0 aliphatic carbocycles. The average Bonchev–Trinajstić information content (AvgIpc) is 2.45. The molecule has 0 aromatic heterocycles. The van der Waals surface area contributed by atoms with E-state index in [1.165, 1.54) is 5.56 Å². The molecule has 0 saturated carbocycles. The van der Waals surface area contributed by atoms with Gasteiger partial charge in [-0.15, -0.1) is 0 Å². The highest BCUT2D eigenvalue weighted by Gasteiger charge is 2.18. The van der Waals surface area contributed by atoms with Gasteiger partial charge in [0.15, 0.2) is 0 Å². The Balaban J connectivity index is 1.85. The van der Waals surface area contributed by atoms with E-state index in [1.807, 2.05) is 26.8 Å². The molecule has 0 unspecified atom stereocenters. The maximum absolute atomic E-state index is 11.6. The van der Waals surface area contributed by atoms with Crippen LogP contribution in [0.25, 0.3) is 0 Å². The van der Waals surface area contributed by atoms with Crippen LogP contribution < -0.4 is 5.43 Å². The molecule has 1 aliphatic heterocycles. The third-order valence-corrected chi connectivity index (χ3v) is 3.30. The molecule has 0 spiro atoms. The first-order valence-electron chi connectivity index (χ1n) is 7.73. The van der Waals surface area contributed by atoms with Gasteiger partial charge in [0, 0.05) is 13.1 Å². The molecule has 1 fully saturated rings. The van der Waals surface area contributed by atoms with E-state index in [-0.39, 0.29) is 0 Å². The van der Waals surface area contributed by atoms with E-state index in [2.05, 4.69) is 39.7 Å². The van der Waals surface area contributed by atoms with Crippen molar-refractivity contribution < 1.29 is 9.53 Å². The smallest absolute Gasteiger partial charge is 0.428 e. The van der Waals surface area contributed by atoms with Crippen LogP contribution in [-0.4, -0.2) is 35.4 Å². The zero-order valence-electron chi connectivity index (χ0n) is 13.6. The molecule has 1 aromatic rings. The number of rotatable bonds is 3. The lowest BCUT2D eigenvalue weighted by Crippen LogP contribution is -2.37. The van der Waals surface area contributed by atoms with Crippen LogP contribution in [0.5, 0.6) is 0 Å². The Labute approximate surface area is 132 Å². The Bertz CT molecular complexity index is 520. The lowest BCUT2D eigenvalue weighted by atomic mass is 10.1. The molecule has 5 heteroatoms. The van der Waals surface area contributed by atoms with Crippen molar-refractivity contribution in [3.63, 3.8) is 0 Å². The SMILES string of the molecule is CC(C)(C)OC(=O)N/N=C1\CCCN(Cc2ccccc2)C1. The van der Waals surface area contributed by atoms with E-state index >= 15 is 0 Å². The van der Waals surface area contributed by atoms with Crippen molar-refractivity contribution in [3.05, 3.63) is 35.9 Å². The molecule has 5 nitrogen and oxygen atoms in total. The lowest BCUT2D eigenvalue weighted by molar-refractivity contribution is 0.0528. The van der Waals surface area contributed by atoms with Crippen molar-refractivity contribution in [3.8, 4) is 0 Å². The zero-order valence-corrected chi connectivity index (χ0v) is 13.6. The van der Waals surface area contributed by atoms with Crippen LogP contribution in [0.15, 0.2) is 35.4 Å². The lowest BCUT2D eigenvalue weighted by Gasteiger charge is -2.27. The van der Waals surface area contributed by atoms with Crippen LogP contribution in [0.4, 0.5) is 4.79 Å². The van der Waals surface area contributed by atoms with Crippen LogP contribution in [0.1, 0.15) is 39.2 Å². The first-order valence-corrected chi connectivity index (χ1v) is 7.73. The van der Waals surface area contributed by atoms with Gasteiger partial charge < -0.3 is 4.74 Å². The largest absolute Gasteiger partial charge is 0.443 e. The molecule has 0 atom stereocenters. The van der Waals surface area contributed by atoms with Gasteiger partial charge in [-0.25, -0.2) is 10.2 Å². The van der Waals surface area contributed by atoms with E-state index in [0.29, 0.717) is 0 Å². The predicted molar refractivity (Wildman–Crippen MR) is 87.8 cm³/mol. The molecule has 1 saturated heterocycles. The van der Waals surface area contributed by atoms with Gasteiger partial charge in [-0.3, -0.25) is 4.90 Å².